The van der Waals surface area contributed by atoms with Gasteiger partial charge in [0.15, 0.2) is 15.4 Å². The summed E-state index contributed by atoms with van der Waals surface area (Å²) in [5, 5.41) is 0. The molecule has 20 heavy (non-hydrogen) atoms. The summed E-state index contributed by atoms with van der Waals surface area (Å²) in [5.74, 6) is -0.210. The molecule has 2 heterocycles. The Balaban J connectivity index is 2.01. The Kier molecular flexibility index (Phi) is 2.79. The summed E-state index contributed by atoms with van der Waals surface area (Å²) in [4.78, 5) is 15.6. The SMILES string of the molecule is CN(c1cc2[nH]c(=O)oc2cc1N)C1CCS(=O)(=O)C1. The fraction of sp³-hybridized carbons (Fsp3) is 0.417. The lowest BCUT2D eigenvalue weighted by molar-refractivity contribution is 0.555. The van der Waals surface area contributed by atoms with Crippen LogP contribution in [0.1, 0.15) is 6.42 Å². The van der Waals surface area contributed by atoms with Crippen LogP contribution in [0.5, 0.6) is 0 Å². The second-order valence-corrected chi connectivity index (χ2v) is 7.32. The van der Waals surface area contributed by atoms with Crippen LogP contribution in [0.15, 0.2) is 21.3 Å². The van der Waals surface area contributed by atoms with Crippen LogP contribution in [0.25, 0.3) is 11.1 Å². The highest BCUT2D eigenvalue weighted by Crippen LogP contribution is 2.30. The molecule has 1 fully saturated rings. The first-order valence-electron chi connectivity index (χ1n) is 6.21. The van der Waals surface area contributed by atoms with E-state index in [2.05, 4.69) is 4.98 Å². The summed E-state index contributed by atoms with van der Waals surface area (Å²) in [5.41, 5.74) is 8.05. The Bertz CT molecular complexity index is 821. The number of nitrogens with one attached hydrogen (secondary N) is 1. The molecule has 1 saturated heterocycles. The molecule has 1 aromatic heterocycles. The topological polar surface area (TPSA) is 109 Å². The summed E-state index contributed by atoms with van der Waals surface area (Å²) in [7, 11) is -1.15. The van der Waals surface area contributed by atoms with Gasteiger partial charge in [-0.05, 0) is 12.5 Å². The van der Waals surface area contributed by atoms with Crippen molar-refractivity contribution in [1.29, 1.82) is 0 Å². The molecule has 7 nitrogen and oxygen atoms in total. The van der Waals surface area contributed by atoms with Gasteiger partial charge in [-0.25, -0.2) is 13.2 Å². The van der Waals surface area contributed by atoms with Crippen molar-refractivity contribution in [3.8, 4) is 0 Å². The van der Waals surface area contributed by atoms with E-state index in [1.165, 1.54) is 0 Å². The number of anilines is 2. The smallest absolute Gasteiger partial charge is 0.408 e. The predicted molar refractivity (Wildman–Crippen MR) is 76.7 cm³/mol. The Labute approximate surface area is 115 Å². The van der Waals surface area contributed by atoms with Crippen molar-refractivity contribution in [2.75, 3.05) is 29.2 Å². The van der Waals surface area contributed by atoms with Gasteiger partial charge in [-0.3, -0.25) is 4.98 Å². The first kappa shape index (κ1) is 13.0. The molecule has 0 radical (unpaired) electrons. The molecule has 0 spiro atoms. The van der Waals surface area contributed by atoms with Gasteiger partial charge in [0.05, 0.1) is 28.4 Å². The molecule has 2 aromatic rings. The van der Waals surface area contributed by atoms with E-state index < -0.39 is 15.6 Å². The number of H-pyrrole nitrogens is 1. The molecule has 0 amide bonds. The molecule has 1 aliphatic heterocycles. The van der Waals surface area contributed by atoms with Crippen LogP contribution in [0.4, 0.5) is 11.4 Å². The van der Waals surface area contributed by atoms with Crippen molar-refractivity contribution < 1.29 is 12.8 Å². The highest BCUT2D eigenvalue weighted by atomic mass is 32.2. The lowest BCUT2D eigenvalue weighted by Gasteiger charge is -2.26. The van der Waals surface area contributed by atoms with Crippen LogP contribution < -0.4 is 16.4 Å². The maximum atomic E-state index is 11.6. The van der Waals surface area contributed by atoms with Crippen molar-refractivity contribution in [3.63, 3.8) is 0 Å². The number of oxazole rings is 1. The number of nitrogens with zero attached hydrogens (tertiary/aromatic N) is 1. The molecule has 0 bridgehead atoms. The highest BCUT2D eigenvalue weighted by Gasteiger charge is 2.31. The minimum atomic E-state index is -2.96. The van der Waals surface area contributed by atoms with Crippen LogP contribution in [0, 0.1) is 0 Å². The average Bonchev–Trinajstić information content (AvgIpc) is 2.88. The maximum Gasteiger partial charge on any atom is 0.417 e. The summed E-state index contributed by atoms with van der Waals surface area (Å²) < 4.78 is 28.1. The second-order valence-electron chi connectivity index (χ2n) is 5.09. The van der Waals surface area contributed by atoms with Crippen LogP contribution in [-0.2, 0) is 9.84 Å². The summed E-state index contributed by atoms with van der Waals surface area (Å²) in [6.45, 7) is 0. The normalized spacial score (nSPS) is 21.4. The van der Waals surface area contributed by atoms with Crippen LogP contribution in [0.2, 0.25) is 0 Å². The van der Waals surface area contributed by atoms with Gasteiger partial charge in [0, 0.05) is 19.2 Å². The zero-order valence-electron chi connectivity index (χ0n) is 10.9. The molecule has 1 aromatic carbocycles. The van der Waals surface area contributed by atoms with Gasteiger partial charge >= 0.3 is 5.76 Å². The number of fused-ring (bicyclic) bond motifs is 1. The fourth-order valence-electron chi connectivity index (χ4n) is 2.58. The van der Waals surface area contributed by atoms with Gasteiger partial charge in [-0.2, -0.15) is 0 Å². The van der Waals surface area contributed by atoms with Crippen molar-refractivity contribution in [3.05, 3.63) is 22.7 Å². The zero-order chi connectivity index (χ0) is 14.5. The number of aromatic nitrogens is 1. The lowest BCUT2D eigenvalue weighted by Crippen LogP contribution is -2.33. The van der Waals surface area contributed by atoms with Gasteiger partial charge in [0.2, 0.25) is 0 Å². The first-order chi connectivity index (χ1) is 9.35. The molecule has 0 aliphatic carbocycles. The number of nitrogen functional groups attached to an aromatic ring is 1. The Hall–Kier alpha value is -1.96. The van der Waals surface area contributed by atoms with Crippen molar-refractivity contribution in [2.45, 2.75) is 12.5 Å². The van der Waals surface area contributed by atoms with Crippen molar-refractivity contribution in [2.24, 2.45) is 0 Å². The molecular formula is C12H15N3O4S. The van der Waals surface area contributed by atoms with E-state index in [4.69, 9.17) is 10.2 Å². The summed E-state index contributed by atoms with van der Waals surface area (Å²) >= 11 is 0. The van der Waals surface area contributed by atoms with Gasteiger partial charge in [0.25, 0.3) is 0 Å². The molecule has 3 rings (SSSR count). The molecular weight excluding hydrogens is 282 g/mol. The van der Waals surface area contributed by atoms with Crippen LogP contribution >= 0.6 is 0 Å². The Morgan fingerprint density at radius 3 is 2.85 bits per heavy atom. The van der Waals surface area contributed by atoms with Crippen molar-refractivity contribution in [1.82, 2.24) is 4.98 Å². The van der Waals surface area contributed by atoms with E-state index in [0.29, 0.717) is 28.9 Å². The minimum absolute atomic E-state index is 0.0987. The maximum absolute atomic E-state index is 11.6. The zero-order valence-corrected chi connectivity index (χ0v) is 11.7. The first-order valence-corrected chi connectivity index (χ1v) is 8.03. The standard InChI is InChI=1S/C12H15N3O4S/c1-15(7-2-3-20(17,18)6-7)10-5-9-11(4-8(10)13)19-12(16)14-9/h4-5,7H,2-3,6,13H2,1H3,(H,14,16). The molecule has 1 unspecified atom stereocenters. The van der Waals surface area contributed by atoms with Crippen LogP contribution in [0.3, 0.4) is 0 Å². The van der Waals surface area contributed by atoms with Gasteiger partial charge in [-0.1, -0.05) is 0 Å². The Morgan fingerprint density at radius 1 is 1.45 bits per heavy atom. The minimum Gasteiger partial charge on any atom is -0.408 e. The number of hydrogen-bond acceptors (Lipinski definition) is 6. The molecule has 1 aliphatic rings. The van der Waals surface area contributed by atoms with Crippen molar-refractivity contribution >= 4 is 32.3 Å². The summed E-state index contributed by atoms with van der Waals surface area (Å²) in [6, 6.07) is 3.18. The fourth-order valence-corrected chi connectivity index (χ4v) is 4.36. The second kappa shape index (κ2) is 4.27. The van der Waals surface area contributed by atoms with E-state index >= 15 is 0 Å². The van der Waals surface area contributed by atoms with Gasteiger partial charge in [-0.15, -0.1) is 0 Å². The van der Waals surface area contributed by atoms with Gasteiger partial charge in [0.1, 0.15) is 0 Å². The average molecular weight is 297 g/mol. The monoisotopic (exact) mass is 297 g/mol. The molecule has 108 valence electrons. The van der Waals surface area contributed by atoms with Crippen LogP contribution in [-0.4, -0.2) is 38.0 Å². The molecule has 3 N–H and O–H groups in total. The number of sulfone groups is 1. The number of nitrogens with two attached hydrogens (primary N) is 1. The Morgan fingerprint density at radius 2 is 2.20 bits per heavy atom. The number of hydrogen-bond donors (Lipinski definition) is 2. The van der Waals surface area contributed by atoms with E-state index in [0.717, 1.165) is 0 Å². The molecule has 0 saturated carbocycles. The summed E-state index contributed by atoms with van der Waals surface area (Å²) in [6.07, 6.45) is 0.582. The molecule has 1 atom stereocenters. The number of rotatable bonds is 2. The quantitative estimate of drug-likeness (QED) is 0.773. The van der Waals surface area contributed by atoms with Gasteiger partial charge < -0.3 is 15.1 Å². The third-order valence-electron chi connectivity index (χ3n) is 3.70. The largest absolute Gasteiger partial charge is 0.417 e. The highest BCUT2D eigenvalue weighted by molar-refractivity contribution is 7.91. The number of benzene rings is 1. The third-order valence-corrected chi connectivity index (χ3v) is 5.45. The van der Waals surface area contributed by atoms with E-state index in [1.54, 1.807) is 19.2 Å². The van der Waals surface area contributed by atoms with E-state index in [9.17, 15) is 13.2 Å². The third kappa shape index (κ3) is 2.15. The predicted octanol–water partition coefficient (Wildman–Crippen LogP) is 0.327. The molecule has 8 heteroatoms. The van der Waals surface area contributed by atoms with E-state index in [-0.39, 0.29) is 17.5 Å². The van der Waals surface area contributed by atoms with E-state index in [1.807, 2.05) is 4.90 Å². The number of aromatic amines is 1. The lowest BCUT2D eigenvalue weighted by atomic mass is 10.1.